The molecule has 0 unspecified atom stereocenters. The van der Waals surface area contributed by atoms with Gasteiger partial charge in [-0.1, -0.05) is 62.4 Å². The predicted molar refractivity (Wildman–Crippen MR) is 126 cm³/mol. The molecule has 4 rings (SSSR count). The van der Waals surface area contributed by atoms with E-state index >= 15 is 0 Å². The van der Waals surface area contributed by atoms with E-state index in [9.17, 15) is 19.5 Å². The zero-order valence-corrected chi connectivity index (χ0v) is 18.9. The monoisotopic (exact) mass is 462 g/mol. The van der Waals surface area contributed by atoms with Gasteiger partial charge in [-0.2, -0.15) is 5.10 Å². The number of aromatic nitrogens is 2. The van der Waals surface area contributed by atoms with E-state index < -0.39 is 23.5 Å². The minimum Gasteiger partial charge on any atom is -0.480 e. The zero-order valence-electron chi connectivity index (χ0n) is 18.9. The highest BCUT2D eigenvalue weighted by Gasteiger charge is 2.37. The maximum absolute atomic E-state index is 12.5. The van der Waals surface area contributed by atoms with Crippen molar-refractivity contribution < 1.29 is 24.2 Å². The summed E-state index contributed by atoms with van der Waals surface area (Å²) in [5, 5.41) is 21.0. The van der Waals surface area contributed by atoms with Crippen LogP contribution >= 0.6 is 0 Å². The molecule has 0 saturated carbocycles. The predicted octanol–water partition coefficient (Wildman–Crippen LogP) is 4.14. The van der Waals surface area contributed by atoms with Crippen LogP contribution in [0.3, 0.4) is 0 Å². The number of carbonyl (C=O) groups is 3. The van der Waals surface area contributed by atoms with Crippen LogP contribution in [0.5, 0.6) is 0 Å². The van der Waals surface area contributed by atoms with Gasteiger partial charge >= 0.3 is 12.1 Å². The van der Waals surface area contributed by atoms with Crippen LogP contribution in [-0.4, -0.2) is 45.4 Å². The lowest BCUT2D eigenvalue weighted by Gasteiger charge is -2.27. The van der Waals surface area contributed by atoms with E-state index in [1.165, 1.54) is 6.07 Å². The number of aromatic amines is 1. The van der Waals surface area contributed by atoms with Crippen LogP contribution in [0, 0.1) is 0 Å². The number of hydrogen-bond acceptors (Lipinski definition) is 5. The van der Waals surface area contributed by atoms with Gasteiger partial charge in [-0.05, 0) is 35.1 Å². The van der Waals surface area contributed by atoms with Crippen molar-refractivity contribution in [3.63, 3.8) is 0 Å². The van der Waals surface area contributed by atoms with Gasteiger partial charge in [0.2, 0.25) is 0 Å². The maximum Gasteiger partial charge on any atom is 0.412 e. The van der Waals surface area contributed by atoms with Crippen molar-refractivity contribution in [1.29, 1.82) is 0 Å². The molecule has 2 amide bonds. The maximum atomic E-state index is 12.5. The molecule has 0 spiro atoms. The Hall–Kier alpha value is -4.14. The first-order valence-corrected chi connectivity index (χ1v) is 11.1. The lowest BCUT2D eigenvalue weighted by molar-refractivity contribution is -0.144. The molecule has 1 aromatic heterocycles. The molecule has 2 aromatic carbocycles. The number of nitrogens with zero attached hydrogens (tertiary/aromatic N) is 1. The number of rotatable bonds is 8. The van der Waals surface area contributed by atoms with E-state index in [2.05, 4.69) is 33.0 Å². The molecule has 34 heavy (non-hydrogen) atoms. The van der Waals surface area contributed by atoms with E-state index in [0.717, 1.165) is 22.3 Å². The first kappa shape index (κ1) is 23.0. The molecule has 0 aliphatic heterocycles. The van der Waals surface area contributed by atoms with Gasteiger partial charge in [-0.3, -0.25) is 15.2 Å². The number of nitrogens with one attached hydrogen (secondary N) is 3. The topological polar surface area (TPSA) is 133 Å². The smallest absolute Gasteiger partial charge is 0.412 e. The molecule has 0 radical (unpaired) electrons. The van der Waals surface area contributed by atoms with Gasteiger partial charge in [0.1, 0.15) is 17.8 Å². The van der Waals surface area contributed by atoms with Gasteiger partial charge in [0.05, 0.1) is 0 Å². The van der Waals surface area contributed by atoms with Crippen molar-refractivity contribution in [2.75, 3.05) is 11.9 Å². The average molecular weight is 463 g/mol. The SMILES string of the molecule is CCC(CC)(NC(=O)c1cc(NC(=O)OCC2c3ccccc3-c3ccccc32)n[nH]1)C(=O)O. The zero-order chi connectivity index (χ0) is 24.3. The van der Waals surface area contributed by atoms with E-state index in [0.29, 0.717) is 0 Å². The van der Waals surface area contributed by atoms with Crippen LogP contribution in [0.2, 0.25) is 0 Å². The minimum atomic E-state index is -1.37. The summed E-state index contributed by atoms with van der Waals surface area (Å²) in [6, 6.07) is 17.4. The number of anilines is 1. The van der Waals surface area contributed by atoms with E-state index in [4.69, 9.17) is 4.74 Å². The first-order valence-electron chi connectivity index (χ1n) is 11.1. The molecule has 4 N–H and O–H groups in total. The fraction of sp³-hybridized carbons (Fsp3) is 0.280. The molecule has 9 heteroatoms. The Balaban J connectivity index is 1.39. The Morgan fingerprint density at radius 2 is 1.62 bits per heavy atom. The number of amides is 2. The third-order valence-corrected chi connectivity index (χ3v) is 6.37. The Kier molecular flexibility index (Phi) is 6.36. The average Bonchev–Trinajstić information content (AvgIpc) is 3.44. The van der Waals surface area contributed by atoms with Crippen LogP contribution in [0.4, 0.5) is 10.6 Å². The number of benzene rings is 2. The highest BCUT2D eigenvalue weighted by molar-refractivity contribution is 5.97. The number of aliphatic carboxylic acids is 1. The summed E-state index contributed by atoms with van der Waals surface area (Å²) < 4.78 is 5.48. The van der Waals surface area contributed by atoms with Gasteiger partial charge in [0.25, 0.3) is 5.91 Å². The molecule has 0 fully saturated rings. The second-order valence-electron chi connectivity index (χ2n) is 8.17. The summed E-state index contributed by atoms with van der Waals surface area (Å²) in [7, 11) is 0. The van der Waals surface area contributed by atoms with Crippen molar-refractivity contribution in [2.24, 2.45) is 0 Å². The highest BCUT2D eigenvalue weighted by Crippen LogP contribution is 2.44. The third-order valence-electron chi connectivity index (χ3n) is 6.37. The Morgan fingerprint density at radius 1 is 1.03 bits per heavy atom. The van der Waals surface area contributed by atoms with Gasteiger partial charge in [-0.25, -0.2) is 9.59 Å². The van der Waals surface area contributed by atoms with Crippen molar-refractivity contribution in [1.82, 2.24) is 15.5 Å². The Morgan fingerprint density at radius 3 is 2.18 bits per heavy atom. The number of fused-ring (bicyclic) bond motifs is 3. The molecular weight excluding hydrogens is 436 g/mol. The molecule has 1 aliphatic rings. The second kappa shape index (κ2) is 9.38. The molecule has 1 aliphatic carbocycles. The fourth-order valence-electron chi connectivity index (χ4n) is 4.31. The first-order chi connectivity index (χ1) is 16.4. The van der Waals surface area contributed by atoms with Crippen molar-refractivity contribution in [3.05, 3.63) is 71.4 Å². The van der Waals surface area contributed by atoms with Gasteiger partial charge in [0.15, 0.2) is 5.82 Å². The quantitative estimate of drug-likeness (QED) is 0.398. The summed E-state index contributed by atoms with van der Waals surface area (Å²) in [6.45, 7) is 3.52. The summed E-state index contributed by atoms with van der Waals surface area (Å²) in [5.74, 6) is -1.72. The van der Waals surface area contributed by atoms with Gasteiger partial charge in [0, 0.05) is 12.0 Å². The fourth-order valence-corrected chi connectivity index (χ4v) is 4.31. The molecule has 0 bridgehead atoms. The van der Waals surface area contributed by atoms with Crippen LogP contribution in [-0.2, 0) is 9.53 Å². The summed E-state index contributed by atoms with van der Waals surface area (Å²) >= 11 is 0. The van der Waals surface area contributed by atoms with Crippen molar-refractivity contribution in [3.8, 4) is 11.1 Å². The molecule has 176 valence electrons. The second-order valence-corrected chi connectivity index (χ2v) is 8.17. The molecule has 9 nitrogen and oxygen atoms in total. The van der Waals surface area contributed by atoms with Crippen molar-refractivity contribution >= 4 is 23.8 Å². The number of carbonyl (C=O) groups excluding carboxylic acids is 2. The highest BCUT2D eigenvalue weighted by atomic mass is 16.5. The number of carboxylic acids is 1. The summed E-state index contributed by atoms with van der Waals surface area (Å²) in [5.41, 5.74) is 3.12. The molecule has 1 heterocycles. The van der Waals surface area contributed by atoms with E-state index in [-0.39, 0.29) is 36.9 Å². The Labute approximate surface area is 196 Å². The molecule has 0 atom stereocenters. The number of ether oxygens (including phenoxy) is 1. The largest absolute Gasteiger partial charge is 0.480 e. The molecular formula is C25H26N4O5. The van der Waals surface area contributed by atoms with Crippen LogP contribution < -0.4 is 10.6 Å². The lowest BCUT2D eigenvalue weighted by atomic mass is 9.93. The Bertz CT molecular complexity index is 1190. The normalized spacial score (nSPS) is 12.5. The van der Waals surface area contributed by atoms with Crippen LogP contribution in [0.15, 0.2) is 54.6 Å². The van der Waals surface area contributed by atoms with Gasteiger partial charge < -0.3 is 15.2 Å². The summed E-state index contributed by atoms with van der Waals surface area (Å²) in [4.78, 5) is 36.6. The van der Waals surface area contributed by atoms with E-state index in [1.807, 2.05) is 36.4 Å². The standard InChI is InChI=1S/C25H26N4O5/c1-3-25(4-2,23(31)32)27-22(30)20-13-21(29-28-20)26-24(33)34-14-19-17-11-7-5-9-15(17)16-10-6-8-12-18(16)19/h5-13,19H,3-4,14H2,1-2H3,(H,27,30)(H,31,32)(H2,26,28,29,33). The third kappa shape index (κ3) is 4.24. The van der Waals surface area contributed by atoms with Crippen LogP contribution in [0.1, 0.15) is 54.2 Å². The lowest BCUT2D eigenvalue weighted by Crippen LogP contribution is -2.53. The number of carboxylic acid groups (broad SMARTS) is 1. The number of hydrogen-bond donors (Lipinski definition) is 4. The molecule has 3 aromatic rings. The number of H-pyrrole nitrogens is 1. The van der Waals surface area contributed by atoms with Gasteiger partial charge in [-0.15, -0.1) is 0 Å². The summed E-state index contributed by atoms with van der Waals surface area (Å²) in [6.07, 6.45) is -0.255. The molecule has 0 saturated heterocycles. The van der Waals surface area contributed by atoms with Crippen LogP contribution in [0.25, 0.3) is 11.1 Å². The minimum absolute atomic E-state index is 0.0291. The van der Waals surface area contributed by atoms with E-state index in [1.54, 1.807) is 13.8 Å². The van der Waals surface area contributed by atoms with Crippen molar-refractivity contribution in [2.45, 2.75) is 38.1 Å².